The summed E-state index contributed by atoms with van der Waals surface area (Å²) in [6.45, 7) is 8.76. The van der Waals surface area contributed by atoms with E-state index in [-0.39, 0.29) is 5.41 Å². The second-order valence-electron chi connectivity index (χ2n) is 8.72. The van der Waals surface area contributed by atoms with Crippen LogP contribution >= 0.6 is 11.3 Å². The molecule has 30 heavy (non-hydrogen) atoms. The summed E-state index contributed by atoms with van der Waals surface area (Å²) in [5.41, 5.74) is 6.07. The van der Waals surface area contributed by atoms with E-state index in [0.29, 0.717) is 5.56 Å². The molecule has 0 atom stereocenters. The maximum Gasteiger partial charge on any atom is 0.116 e. The Labute approximate surface area is 179 Å². The molecule has 146 valence electrons. The molecule has 2 aromatic heterocycles. The molecule has 0 aliphatic carbocycles. The highest BCUT2D eigenvalue weighted by Gasteiger charge is 2.21. The summed E-state index contributed by atoms with van der Waals surface area (Å²) >= 11 is 1.68. The van der Waals surface area contributed by atoms with Gasteiger partial charge in [-0.2, -0.15) is 5.26 Å². The van der Waals surface area contributed by atoms with Crippen LogP contribution in [0.2, 0.25) is 0 Å². The lowest BCUT2D eigenvalue weighted by Gasteiger charge is -2.22. The van der Waals surface area contributed by atoms with Crippen molar-refractivity contribution in [1.29, 1.82) is 5.26 Å². The lowest BCUT2D eigenvalue weighted by Crippen LogP contribution is -2.12. The number of rotatable bonds is 1. The van der Waals surface area contributed by atoms with E-state index in [2.05, 4.69) is 68.2 Å². The first-order chi connectivity index (χ1) is 14.4. The second-order valence-corrected chi connectivity index (χ2v) is 9.74. The molecule has 0 saturated carbocycles. The standard InChI is InChI=1S/C26H21N3S/c1-15-17(13-27)9-10-20-23-25(30-24(15)20)22(28-14-29-23)18-11-16-7-5-6-8-19(16)21(12-18)26(2,3)4/h5-12,14H,1-4H3. The summed E-state index contributed by atoms with van der Waals surface area (Å²) in [6, 6.07) is 19.2. The minimum absolute atomic E-state index is 0.0141. The molecule has 3 aromatic carbocycles. The van der Waals surface area contributed by atoms with Crippen molar-refractivity contribution in [3.8, 4) is 17.3 Å². The minimum atomic E-state index is 0.0141. The van der Waals surface area contributed by atoms with Crippen molar-refractivity contribution in [1.82, 2.24) is 9.97 Å². The van der Waals surface area contributed by atoms with Gasteiger partial charge in [0.05, 0.1) is 27.5 Å². The molecule has 0 aliphatic heterocycles. The third-order valence-corrected chi connectivity index (χ3v) is 7.05. The lowest BCUT2D eigenvalue weighted by molar-refractivity contribution is 0.596. The van der Waals surface area contributed by atoms with E-state index in [4.69, 9.17) is 4.98 Å². The van der Waals surface area contributed by atoms with Crippen molar-refractivity contribution in [2.45, 2.75) is 33.1 Å². The predicted molar refractivity (Wildman–Crippen MR) is 126 cm³/mol. The van der Waals surface area contributed by atoms with Crippen molar-refractivity contribution in [3.63, 3.8) is 0 Å². The highest BCUT2D eigenvalue weighted by Crippen LogP contribution is 2.41. The van der Waals surface area contributed by atoms with Crippen LogP contribution in [0.5, 0.6) is 0 Å². The number of aromatic nitrogens is 2. The average Bonchev–Trinajstić information content (AvgIpc) is 3.12. The molecule has 0 fully saturated rings. The first-order valence-electron chi connectivity index (χ1n) is 9.99. The van der Waals surface area contributed by atoms with Gasteiger partial charge in [-0.25, -0.2) is 9.97 Å². The number of hydrogen-bond acceptors (Lipinski definition) is 4. The Morgan fingerprint density at radius 2 is 1.73 bits per heavy atom. The van der Waals surface area contributed by atoms with Crippen molar-refractivity contribution in [3.05, 3.63) is 71.5 Å². The number of nitrogens with zero attached hydrogens (tertiary/aromatic N) is 3. The molecule has 5 rings (SSSR count). The number of nitriles is 1. The van der Waals surface area contributed by atoms with Gasteiger partial charge >= 0.3 is 0 Å². The van der Waals surface area contributed by atoms with Crippen LogP contribution in [0.3, 0.4) is 0 Å². The predicted octanol–water partition coefficient (Wildman–Crippen LogP) is 7.14. The minimum Gasteiger partial charge on any atom is -0.235 e. The molecule has 0 amide bonds. The Balaban J connectivity index is 1.86. The van der Waals surface area contributed by atoms with E-state index in [1.165, 1.54) is 16.3 Å². The Hall–Kier alpha value is -3.29. The van der Waals surface area contributed by atoms with Crippen molar-refractivity contribution in [2.75, 3.05) is 0 Å². The molecule has 4 heteroatoms. The SMILES string of the molecule is Cc1c(C#N)ccc2c1sc1c(-c3cc(C(C)(C)C)c4ccccc4c3)ncnc12. The Bertz CT molecular complexity index is 1500. The van der Waals surface area contributed by atoms with Gasteiger partial charge in [-0.3, -0.25) is 0 Å². The summed E-state index contributed by atoms with van der Waals surface area (Å²) in [5.74, 6) is 0. The molecule has 0 saturated heterocycles. The molecule has 5 aromatic rings. The van der Waals surface area contributed by atoms with Crippen LogP contribution in [0.4, 0.5) is 0 Å². The fourth-order valence-electron chi connectivity index (χ4n) is 4.17. The van der Waals surface area contributed by atoms with Gasteiger partial charge in [-0.15, -0.1) is 11.3 Å². The first kappa shape index (κ1) is 18.7. The number of aryl methyl sites for hydroxylation is 1. The summed E-state index contributed by atoms with van der Waals surface area (Å²) in [7, 11) is 0. The second kappa shape index (κ2) is 6.62. The van der Waals surface area contributed by atoms with E-state index in [1.54, 1.807) is 17.7 Å². The van der Waals surface area contributed by atoms with E-state index in [9.17, 15) is 5.26 Å². The molecule has 2 heterocycles. The average molecular weight is 408 g/mol. The number of fused-ring (bicyclic) bond motifs is 4. The maximum absolute atomic E-state index is 9.42. The summed E-state index contributed by atoms with van der Waals surface area (Å²) < 4.78 is 2.18. The van der Waals surface area contributed by atoms with Gasteiger partial charge in [0.15, 0.2) is 0 Å². The molecule has 0 aliphatic rings. The monoisotopic (exact) mass is 407 g/mol. The van der Waals surface area contributed by atoms with Crippen LogP contribution < -0.4 is 0 Å². The van der Waals surface area contributed by atoms with Crippen LogP contribution in [-0.2, 0) is 5.41 Å². The van der Waals surface area contributed by atoms with Gasteiger partial charge in [0.2, 0.25) is 0 Å². The Morgan fingerprint density at radius 1 is 0.933 bits per heavy atom. The van der Waals surface area contributed by atoms with E-state index in [1.807, 2.05) is 19.1 Å². The number of thiophene rings is 1. The Morgan fingerprint density at radius 3 is 2.50 bits per heavy atom. The molecular weight excluding hydrogens is 386 g/mol. The molecule has 0 N–H and O–H groups in total. The molecule has 0 radical (unpaired) electrons. The molecule has 0 bridgehead atoms. The topological polar surface area (TPSA) is 49.6 Å². The fraction of sp³-hybridized carbons (Fsp3) is 0.192. The molecule has 0 spiro atoms. The highest BCUT2D eigenvalue weighted by atomic mass is 32.1. The van der Waals surface area contributed by atoms with Gasteiger partial charge in [-0.05, 0) is 58.5 Å². The smallest absolute Gasteiger partial charge is 0.116 e. The van der Waals surface area contributed by atoms with Crippen molar-refractivity contribution < 1.29 is 0 Å². The normalized spacial score (nSPS) is 12.0. The summed E-state index contributed by atoms with van der Waals surface area (Å²) in [5, 5.41) is 13.0. The van der Waals surface area contributed by atoms with Crippen LogP contribution in [0.1, 0.15) is 37.5 Å². The van der Waals surface area contributed by atoms with Crippen LogP contribution in [0.25, 0.3) is 42.3 Å². The highest BCUT2D eigenvalue weighted by molar-refractivity contribution is 7.26. The number of hydrogen-bond donors (Lipinski definition) is 0. The maximum atomic E-state index is 9.42. The zero-order chi connectivity index (χ0) is 21.0. The van der Waals surface area contributed by atoms with Crippen LogP contribution in [0.15, 0.2) is 54.9 Å². The third-order valence-electron chi connectivity index (χ3n) is 5.73. The first-order valence-corrected chi connectivity index (χ1v) is 10.8. The summed E-state index contributed by atoms with van der Waals surface area (Å²) in [4.78, 5) is 9.31. The van der Waals surface area contributed by atoms with Crippen molar-refractivity contribution >= 4 is 42.4 Å². The molecule has 3 nitrogen and oxygen atoms in total. The fourth-order valence-corrected chi connectivity index (χ4v) is 5.44. The van der Waals surface area contributed by atoms with Gasteiger partial charge < -0.3 is 0 Å². The van der Waals surface area contributed by atoms with Crippen LogP contribution in [-0.4, -0.2) is 9.97 Å². The zero-order valence-electron chi connectivity index (χ0n) is 17.4. The van der Waals surface area contributed by atoms with E-state index < -0.39 is 0 Å². The Kier molecular flexibility index (Phi) is 4.13. The summed E-state index contributed by atoms with van der Waals surface area (Å²) in [6.07, 6.45) is 1.66. The lowest BCUT2D eigenvalue weighted by atomic mass is 9.82. The van der Waals surface area contributed by atoms with Crippen molar-refractivity contribution in [2.24, 2.45) is 0 Å². The molecular formula is C26H21N3S. The number of benzene rings is 3. The van der Waals surface area contributed by atoms with Gasteiger partial charge in [0.25, 0.3) is 0 Å². The third kappa shape index (κ3) is 2.78. The zero-order valence-corrected chi connectivity index (χ0v) is 18.3. The van der Waals surface area contributed by atoms with Gasteiger partial charge in [-0.1, -0.05) is 45.0 Å². The quantitative estimate of drug-likeness (QED) is 0.297. The van der Waals surface area contributed by atoms with Crippen LogP contribution in [0, 0.1) is 18.3 Å². The van der Waals surface area contributed by atoms with Gasteiger partial charge in [0, 0.05) is 15.6 Å². The van der Waals surface area contributed by atoms with Gasteiger partial charge in [0.1, 0.15) is 6.33 Å². The van der Waals surface area contributed by atoms with E-state index in [0.717, 1.165) is 37.1 Å². The van der Waals surface area contributed by atoms with E-state index >= 15 is 0 Å². The molecule has 0 unspecified atom stereocenters. The largest absolute Gasteiger partial charge is 0.235 e.